The van der Waals surface area contributed by atoms with E-state index in [2.05, 4.69) is 53.8 Å². The third-order valence-corrected chi connectivity index (χ3v) is 13.1. The fraction of sp³-hybridized carbons (Fsp3) is 1.00. The third-order valence-electron chi connectivity index (χ3n) is 13.1. The molecule has 36 heavy (non-hydrogen) atoms. The van der Waals surface area contributed by atoms with Gasteiger partial charge in [-0.2, -0.15) is 0 Å². The van der Waals surface area contributed by atoms with Crippen LogP contribution >= 0.6 is 0 Å². The van der Waals surface area contributed by atoms with E-state index in [0.29, 0.717) is 23.8 Å². The van der Waals surface area contributed by atoms with Crippen LogP contribution in [0.5, 0.6) is 0 Å². The number of hydrogen-bond acceptors (Lipinski definition) is 3. The van der Waals surface area contributed by atoms with Crippen molar-refractivity contribution >= 4 is 0 Å². The lowest BCUT2D eigenvalue weighted by Crippen LogP contribution is -2.51. The Labute approximate surface area is 223 Å². The summed E-state index contributed by atoms with van der Waals surface area (Å²) in [5.74, 6) is 10.5. The minimum atomic E-state index is -0.472. The zero-order valence-corrected chi connectivity index (χ0v) is 24.6. The van der Waals surface area contributed by atoms with Gasteiger partial charge in [0.15, 0.2) is 0 Å². The normalized spacial score (nSPS) is 52.5. The molecule has 5 fully saturated rings. The number of aliphatic hydroxyl groups excluding tert-OH is 2. The van der Waals surface area contributed by atoms with E-state index in [1.807, 2.05) is 0 Å². The average molecular weight is 502 g/mol. The summed E-state index contributed by atoms with van der Waals surface area (Å²) in [4.78, 5) is 0. The average Bonchev–Trinajstić information content (AvgIpc) is 3.51. The fourth-order valence-corrected chi connectivity index (χ4v) is 11.1. The Bertz CT molecular complexity index is 727. The van der Waals surface area contributed by atoms with E-state index in [-0.39, 0.29) is 12.0 Å². The van der Waals surface area contributed by atoms with Crippen molar-refractivity contribution in [3.63, 3.8) is 0 Å². The molecule has 1 saturated heterocycles. The molecular formula is C33H59NO2. The monoisotopic (exact) mass is 501 g/mol. The van der Waals surface area contributed by atoms with Crippen molar-refractivity contribution in [1.82, 2.24) is 5.32 Å². The summed E-state index contributed by atoms with van der Waals surface area (Å²) in [6, 6.07) is 0.366. The molecule has 0 bridgehead atoms. The largest absolute Gasteiger partial charge is 0.393 e. The van der Waals surface area contributed by atoms with Crippen LogP contribution in [0.4, 0.5) is 0 Å². The predicted molar refractivity (Wildman–Crippen MR) is 149 cm³/mol. The van der Waals surface area contributed by atoms with Crippen LogP contribution in [0.2, 0.25) is 0 Å². The summed E-state index contributed by atoms with van der Waals surface area (Å²) in [6.45, 7) is 16.9. The van der Waals surface area contributed by atoms with E-state index in [1.165, 1.54) is 44.9 Å². The van der Waals surface area contributed by atoms with Crippen LogP contribution in [-0.4, -0.2) is 28.6 Å². The first-order valence-electron chi connectivity index (χ1n) is 16.3. The van der Waals surface area contributed by atoms with Gasteiger partial charge in [-0.3, -0.25) is 5.32 Å². The number of hydrogen-bond donors (Lipinski definition) is 3. The molecule has 0 aromatic heterocycles. The number of piperidine rings is 1. The molecule has 3 nitrogen and oxygen atoms in total. The highest BCUT2D eigenvalue weighted by Gasteiger charge is 2.72. The molecule has 0 amide bonds. The first kappa shape index (κ1) is 27.4. The second-order valence-electron chi connectivity index (χ2n) is 15.1. The quantitative estimate of drug-likeness (QED) is 0.330. The van der Waals surface area contributed by atoms with Gasteiger partial charge in [0.25, 0.3) is 0 Å². The van der Waals surface area contributed by atoms with Crippen molar-refractivity contribution in [3.8, 4) is 0 Å². The maximum Gasteiger partial charge on any atom is 0.108 e. The van der Waals surface area contributed by atoms with Gasteiger partial charge in [0, 0.05) is 12.0 Å². The number of rotatable bonds is 7. The highest BCUT2D eigenvalue weighted by atomic mass is 16.3. The van der Waals surface area contributed by atoms with E-state index in [0.717, 1.165) is 72.0 Å². The summed E-state index contributed by atoms with van der Waals surface area (Å²) in [5.41, 5.74) is 0. The Morgan fingerprint density at radius 3 is 2.22 bits per heavy atom. The van der Waals surface area contributed by atoms with Gasteiger partial charge in [-0.25, -0.2) is 0 Å². The molecule has 4 aliphatic carbocycles. The van der Waals surface area contributed by atoms with Crippen molar-refractivity contribution in [3.05, 3.63) is 0 Å². The molecule has 1 aliphatic heterocycles. The van der Waals surface area contributed by atoms with Crippen molar-refractivity contribution in [2.75, 3.05) is 0 Å². The molecule has 0 aromatic rings. The second kappa shape index (κ2) is 10.8. The third kappa shape index (κ3) is 4.85. The molecule has 15 unspecified atom stereocenters. The van der Waals surface area contributed by atoms with Crippen LogP contribution in [0.25, 0.3) is 0 Å². The minimum Gasteiger partial charge on any atom is -0.393 e. The highest BCUT2D eigenvalue weighted by molar-refractivity contribution is 5.19. The van der Waals surface area contributed by atoms with Gasteiger partial charge in [0.1, 0.15) is 6.23 Å². The Morgan fingerprint density at radius 2 is 1.56 bits per heavy atom. The second-order valence-corrected chi connectivity index (χ2v) is 15.1. The van der Waals surface area contributed by atoms with Crippen LogP contribution in [0.1, 0.15) is 106 Å². The van der Waals surface area contributed by atoms with Crippen LogP contribution < -0.4 is 5.32 Å². The molecule has 208 valence electrons. The molecule has 5 rings (SSSR count). The molecular weight excluding hydrogens is 442 g/mol. The summed E-state index contributed by atoms with van der Waals surface area (Å²) in [6.07, 6.45) is 10.9. The molecule has 5 aliphatic rings. The molecule has 3 N–H and O–H groups in total. The van der Waals surface area contributed by atoms with E-state index in [4.69, 9.17) is 0 Å². The van der Waals surface area contributed by atoms with Crippen molar-refractivity contribution in [1.29, 1.82) is 0 Å². The Morgan fingerprint density at radius 1 is 0.861 bits per heavy atom. The fourth-order valence-electron chi connectivity index (χ4n) is 11.1. The number of fused-ring (bicyclic) bond motifs is 1. The van der Waals surface area contributed by atoms with Crippen LogP contribution in [0.15, 0.2) is 0 Å². The molecule has 16 atom stereocenters. The lowest BCUT2D eigenvalue weighted by molar-refractivity contribution is -0.0643. The Hall–Kier alpha value is -0.120. The van der Waals surface area contributed by atoms with Crippen molar-refractivity contribution < 1.29 is 10.2 Å². The predicted octanol–water partition coefficient (Wildman–Crippen LogP) is 6.97. The minimum absolute atomic E-state index is 0.172. The summed E-state index contributed by atoms with van der Waals surface area (Å²) in [7, 11) is 0. The lowest BCUT2D eigenvalue weighted by Gasteiger charge is -2.50. The van der Waals surface area contributed by atoms with Gasteiger partial charge in [-0.15, -0.1) is 0 Å². The molecule has 0 aromatic carbocycles. The first-order valence-corrected chi connectivity index (χ1v) is 16.3. The highest BCUT2D eigenvalue weighted by Crippen LogP contribution is 2.76. The number of aliphatic hydroxyl groups is 2. The van der Waals surface area contributed by atoms with E-state index in [1.54, 1.807) is 0 Å². The summed E-state index contributed by atoms with van der Waals surface area (Å²) < 4.78 is 0. The smallest absolute Gasteiger partial charge is 0.108 e. The first-order chi connectivity index (χ1) is 17.1. The molecule has 1 heterocycles. The maximum atomic E-state index is 11.8. The van der Waals surface area contributed by atoms with Crippen molar-refractivity contribution in [2.45, 2.75) is 125 Å². The zero-order chi connectivity index (χ0) is 25.9. The van der Waals surface area contributed by atoms with Gasteiger partial charge in [0.05, 0.1) is 6.10 Å². The standard InChI is InChI=1S/C33H59NO2/c1-8-24-30-27-15-26(28(35)16-25-18(4)14-19(5)34-33(25)36)21(7)29(31(24)32(27)30)20(6)23-11-9-10-22(12-13-23)17(2)3/h17-36H,8-16H2,1-7H3/t18?,19?,20?,21?,22?,23?,24?,25?,26?,27?,28?,29?,30?,31?,32-,33?/m1/s1. The van der Waals surface area contributed by atoms with Gasteiger partial charge in [-0.1, -0.05) is 67.2 Å². The van der Waals surface area contributed by atoms with Gasteiger partial charge >= 0.3 is 0 Å². The zero-order valence-electron chi connectivity index (χ0n) is 24.6. The lowest BCUT2D eigenvalue weighted by atomic mass is 9.55. The molecule has 3 heteroatoms. The Balaban J connectivity index is 1.33. The van der Waals surface area contributed by atoms with Crippen molar-refractivity contribution in [2.24, 2.45) is 82.9 Å². The van der Waals surface area contributed by atoms with E-state index < -0.39 is 6.23 Å². The van der Waals surface area contributed by atoms with Crippen LogP contribution in [0, 0.1) is 82.9 Å². The molecule has 4 saturated carbocycles. The van der Waals surface area contributed by atoms with Gasteiger partial charge in [-0.05, 0) is 116 Å². The summed E-state index contributed by atoms with van der Waals surface area (Å²) >= 11 is 0. The SMILES string of the molecule is CCC1C2C(C(C)C3CCCC(C(C)C)CC3)C(C)C(C(O)CC3C(C)CC(C)NC3O)CC3C1[C@@H]32. The molecule has 0 spiro atoms. The van der Waals surface area contributed by atoms with E-state index >= 15 is 0 Å². The number of nitrogens with one attached hydrogen (secondary N) is 1. The van der Waals surface area contributed by atoms with Crippen LogP contribution in [-0.2, 0) is 0 Å². The Kier molecular flexibility index (Phi) is 8.24. The maximum absolute atomic E-state index is 11.8. The topological polar surface area (TPSA) is 52.5 Å². The van der Waals surface area contributed by atoms with Gasteiger partial charge in [0.2, 0.25) is 0 Å². The van der Waals surface area contributed by atoms with E-state index in [9.17, 15) is 10.2 Å². The van der Waals surface area contributed by atoms with Crippen LogP contribution in [0.3, 0.4) is 0 Å². The summed E-state index contributed by atoms with van der Waals surface area (Å²) in [5, 5.41) is 26.0. The van der Waals surface area contributed by atoms with Gasteiger partial charge < -0.3 is 10.2 Å². The molecule has 0 radical (unpaired) electrons.